The molecule has 0 radical (unpaired) electrons. The molecular weight excluding hydrogens is 379 g/mol. The van der Waals surface area contributed by atoms with Gasteiger partial charge in [-0.15, -0.1) is 11.3 Å². The van der Waals surface area contributed by atoms with Crippen molar-refractivity contribution >= 4 is 62.1 Å². The molecule has 3 rings (SSSR count). The number of hydrogen-bond donors (Lipinski definition) is 1. The van der Waals surface area contributed by atoms with Gasteiger partial charge in [0.2, 0.25) is 0 Å². The van der Waals surface area contributed by atoms with Crippen LogP contribution in [0.1, 0.15) is 17.4 Å². The first kappa shape index (κ1) is 17.7. The molecule has 4 nitrogen and oxygen atoms in total. The van der Waals surface area contributed by atoms with Gasteiger partial charge < -0.3 is 0 Å². The number of fused-ring (bicyclic) bond motifs is 1. The van der Waals surface area contributed by atoms with Gasteiger partial charge in [-0.25, -0.2) is 4.79 Å². The largest absolute Gasteiger partial charge is 0.437 e. The number of benzene rings is 2. The fraction of sp³-hybridized carbons (Fsp3) is 0.111. The van der Waals surface area contributed by atoms with E-state index in [1.165, 1.54) is 0 Å². The van der Waals surface area contributed by atoms with E-state index < -0.39 is 6.09 Å². The van der Waals surface area contributed by atoms with Gasteiger partial charge in [0.15, 0.2) is 0 Å². The number of oxime groups is 1. The highest BCUT2D eigenvalue weighted by Crippen LogP contribution is 2.33. The predicted molar refractivity (Wildman–Crippen MR) is 105 cm³/mol. The second kappa shape index (κ2) is 7.44. The van der Waals surface area contributed by atoms with E-state index in [-0.39, 0.29) is 0 Å². The summed E-state index contributed by atoms with van der Waals surface area (Å²) in [6.07, 6.45) is -0.663. The quantitative estimate of drug-likeness (QED) is 0.314. The maximum Gasteiger partial charge on any atom is 0.437 e. The van der Waals surface area contributed by atoms with Gasteiger partial charge in [-0.1, -0.05) is 28.4 Å². The zero-order chi connectivity index (χ0) is 18.0. The second-order valence-electron chi connectivity index (χ2n) is 5.38. The first-order valence-corrected chi connectivity index (χ1v) is 8.98. The Morgan fingerprint density at radius 1 is 1.12 bits per heavy atom. The van der Waals surface area contributed by atoms with Crippen LogP contribution in [0.25, 0.3) is 10.1 Å². The molecule has 2 aromatic carbocycles. The van der Waals surface area contributed by atoms with Crippen LogP contribution < -0.4 is 5.32 Å². The number of aryl methyl sites for hydroxylation is 1. The normalized spacial score (nSPS) is 11.6. The van der Waals surface area contributed by atoms with Gasteiger partial charge in [0.25, 0.3) is 0 Å². The SMILES string of the molecule is C/C(=N\OC(=O)Nc1ccc(Cl)cc1)c1sc2ccc(Cl)cc2c1C. The third kappa shape index (κ3) is 4.12. The average molecular weight is 393 g/mol. The van der Waals surface area contributed by atoms with Crippen molar-refractivity contribution in [1.82, 2.24) is 0 Å². The molecule has 1 aromatic heterocycles. The molecule has 0 spiro atoms. The zero-order valence-corrected chi connectivity index (χ0v) is 15.8. The molecule has 0 atom stereocenters. The van der Waals surface area contributed by atoms with Crippen molar-refractivity contribution in [3.63, 3.8) is 0 Å². The van der Waals surface area contributed by atoms with E-state index in [0.29, 0.717) is 21.4 Å². The Bertz CT molecular complexity index is 965. The van der Waals surface area contributed by atoms with Crippen LogP contribution in [-0.2, 0) is 4.84 Å². The molecule has 0 saturated carbocycles. The number of anilines is 1. The van der Waals surface area contributed by atoms with Crippen molar-refractivity contribution in [3.05, 3.63) is 63.0 Å². The molecule has 1 N–H and O–H groups in total. The Hall–Kier alpha value is -2.08. The number of thiophene rings is 1. The molecule has 128 valence electrons. The molecule has 0 fully saturated rings. The molecule has 0 aliphatic heterocycles. The van der Waals surface area contributed by atoms with E-state index in [9.17, 15) is 4.79 Å². The van der Waals surface area contributed by atoms with Crippen LogP contribution in [0.3, 0.4) is 0 Å². The van der Waals surface area contributed by atoms with Crippen LogP contribution in [0, 0.1) is 6.92 Å². The second-order valence-corrected chi connectivity index (χ2v) is 7.31. The first-order chi connectivity index (χ1) is 11.9. The summed E-state index contributed by atoms with van der Waals surface area (Å²) in [5.41, 5.74) is 2.27. The highest BCUT2D eigenvalue weighted by atomic mass is 35.5. The number of carbonyl (C=O) groups is 1. The molecule has 3 aromatic rings. The van der Waals surface area contributed by atoms with Gasteiger partial charge in [0.1, 0.15) is 0 Å². The molecule has 0 bridgehead atoms. The first-order valence-electron chi connectivity index (χ1n) is 7.41. The molecular formula is C18H14Cl2N2O2S. The average Bonchev–Trinajstić information content (AvgIpc) is 2.91. The number of nitrogens with one attached hydrogen (secondary N) is 1. The minimum absolute atomic E-state index is 0.579. The van der Waals surface area contributed by atoms with Crippen LogP contribution in [-0.4, -0.2) is 11.8 Å². The number of amides is 1. The number of rotatable bonds is 3. The van der Waals surface area contributed by atoms with E-state index >= 15 is 0 Å². The van der Waals surface area contributed by atoms with Crippen molar-refractivity contribution in [2.24, 2.45) is 5.16 Å². The summed E-state index contributed by atoms with van der Waals surface area (Å²) < 4.78 is 1.11. The van der Waals surface area contributed by atoms with E-state index in [1.807, 2.05) is 25.1 Å². The molecule has 0 unspecified atom stereocenters. The van der Waals surface area contributed by atoms with Gasteiger partial charge in [0, 0.05) is 20.4 Å². The van der Waals surface area contributed by atoms with Gasteiger partial charge >= 0.3 is 6.09 Å². The highest BCUT2D eigenvalue weighted by Gasteiger charge is 2.12. The fourth-order valence-electron chi connectivity index (χ4n) is 2.36. The molecule has 1 heterocycles. The zero-order valence-electron chi connectivity index (χ0n) is 13.5. The van der Waals surface area contributed by atoms with Crippen molar-refractivity contribution in [2.75, 3.05) is 5.32 Å². The van der Waals surface area contributed by atoms with E-state index in [4.69, 9.17) is 28.0 Å². The predicted octanol–water partition coefficient (Wildman–Crippen LogP) is 6.49. The number of halogens is 2. The number of carbonyl (C=O) groups excluding carboxylic acids is 1. The van der Waals surface area contributed by atoms with Crippen LogP contribution in [0.2, 0.25) is 10.0 Å². The molecule has 1 amide bonds. The Kier molecular flexibility index (Phi) is 5.27. The summed E-state index contributed by atoms with van der Waals surface area (Å²) in [6, 6.07) is 12.5. The van der Waals surface area contributed by atoms with Crippen molar-refractivity contribution in [3.8, 4) is 0 Å². The third-order valence-corrected chi connectivity index (χ3v) is 5.45. The molecule has 0 aliphatic rings. The van der Waals surface area contributed by atoms with E-state index in [2.05, 4.69) is 10.5 Å². The lowest BCUT2D eigenvalue weighted by Crippen LogP contribution is -2.11. The summed E-state index contributed by atoms with van der Waals surface area (Å²) in [5.74, 6) is 0. The van der Waals surface area contributed by atoms with Gasteiger partial charge in [-0.05, 0) is 67.3 Å². The minimum Gasteiger partial charge on any atom is -0.297 e. The summed E-state index contributed by atoms with van der Waals surface area (Å²) in [5, 5.41) is 8.88. The Labute approximate surface area is 159 Å². The van der Waals surface area contributed by atoms with Gasteiger partial charge in [-0.3, -0.25) is 10.2 Å². The van der Waals surface area contributed by atoms with Crippen LogP contribution in [0.15, 0.2) is 47.6 Å². The number of hydrogen-bond acceptors (Lipinski definition) is 4. The standard InChI is InChI=1S/C18H14Cl2N2O2S/c1-10-15-9-13(20)5-8-16(15)25-17(10)11(2)22-24-18(23)21-14-6-3-12(19)4-7-14/h3-9H,1-2H3,(H,21,23)/b22-11+. The smallest absolute Gasteiger partial charge is 0.297 e. The van der Waals surface area contributed by atoms with Crippen molar-refractivity contribution < 1.29 is 9.63 Å². The Morgan fingerprint density at radius 2 is 1.80 bits per heavy atom. The van der Waals surface area contributed by atoms with Crippen LogP contribution in [0.5, 0.6) is 0 Å². The number of nitrogens with zero attached hydrogens (tertiary/aromatic N) is 1. The third-order valence-electron chi connectivity index (χ3n) is 3.58. The van der Waals surface area contributed by atoms with Crippen molar-refractivity contribution in [1.29, 1.82) is 0 Å². The van der Waals surface area contributed by atoms with Crippen LogP contribution in [0.4, 0.5) is 10.5 Å². The van der Waals surface area contributed by atoms with Gasteiger partial charge in [0.05, 0.1) is 10.6 Å². The summed E-state index contributed by atoms with van der Waals surface area (Å²) in [4.78, 5) is 17.8. The minimum atomic E-state index is -0.663. The lowest BCUT2D eigenvalue weighted by atomic mass is 10.1. The highest BCUT2D eigenvalue weighted by molar-refractivity contribution is 7.21. The molecule has 0 saturated heterocycles. The maximum absolute atomic E-state index is 11.8. The fourth-order valence-corrected chi connectivity index (χ4v) is 3.79. The molecule has 0 aliphatic carbocycles. The summed E-state index contributed by atoms with van der Waals surface area (Å²) in [6.45, 7) is 3.80. The van der Waals surface area contributed by atoms with Crippen LogP contribution >= 0.6 is 34.5 Å². The lowest BCUT2D eigenvalue weighted by molar-refractivity contribution is 0.166. The molecule has 7 heteroatoms. The Balaban J connectivity index is 1.74. The van der Waals surface area contributed by atoms with Gasteiger partial charge in [-0.2, -0.15) is 0 Å². The topological polar surface area (TPSA) is 50.7 Å². The monoisotopic (exact) mass is 392 g/mol. The maximum atomic E-state index is 11.8. The lowest BCUT2D eigenvalue weighted by Gasteiger charge is -2.03. The summed E-state index contributed by atoms with van der Waals surface area (Å²) in [7, 11) is 0. The van der Waals surface area contributed by atoms with Crippen molar-refractivity contribution in [2.45, 2.75) is 13.8 Å². The Morgan fingerprint density at radius 3 is 2.52 bits per heavy atom. The molecule has 25 heavy (non-hydrogen) atoms. The summed E-state index contributed by atoms with van der Waals surface area (Å²) >= 11 is 13.4. The van der Waals surface area contributed by atoms with E-state index in [0.717, 1.165) is 20.5 Å². The van der Waals surface area contributed by atoms with E-state index in [1.54, 1.807) is 42.5 Å².